The molecule has 0 unspecified atom stereocenters. The highest BCUT2D eigenvalue weighted by atomic mass is 32.1. The van der Waals surface area contributed by atoms with E-state index in [1.165, 1.54) is 74.7 Å². The molecule has 0 aliphatic carbocycles. The number of benzene rings is 9. The van der Waals surface area contributed by atoms with Crippen LogP contribution in [0.25, 0.3) is 74.7 Å². The molecule has 1 nitrogen and oxygen atoms in total. The Morgan fingerprint density at radius 1 is 0.340 bits per heavy atom. The second-order valence-electron chi connectivity index (χ2n) is 12.9. The van der Waals surface area contributed by atoms with Crippen LogP contribution in [-0.2, 0) is 0 Å². The fourth-order valence-electron chi connectivity index (χ4n) is 7.62. The Kier molecular flexibility index (Phi) is 6.75. The summed E-state index contributed by atoms with van der Waals surface area (Å²) < 4.78 is 2.65. The normalized spacial score (nSPS) is 11.6. The van der Waals surface area contributed by atoms with Crippen LogP contribution in [0.2, 0.25) is 0 Å². The van der Waals surface area contributed by atoms with E-state index in [9.17, 15) is 0 Å². The molecule has 1 heterocycles. The molecule has 2 heteroatoms. The maximum absolute atomic E-state index is 2.41. The molecule has 10 aromatic rings. The van der Waals surface area contributed by atoms with Gasteiger partial charge >= 0.3 is 0 Å². The summed E-state index contributed by atoms with van der Waals surface area (Å²) in [4.78, 5) is 2.41. The van der Waals surface area contributed by atoms with E-state index in [1.807, 2.05) is 11.3 Å². The number of anilines is 3. The summed E-state index contributed by atoms with van der Waals surface area (Å²) in [6, 6.07) is 68.7. The molecule has 0 N–H and O–H groups in total. The van der Waals surface area contributed by atoms with Gasteiger partial charge in [-0.2, -0.15) is 0 Å². The van der Waals surface area contributed by atoms with Gasteiger partial charge in [0, 0.05) is 37.1 Å². The van der Waals surface area contributed by atoms with Gasteiger partial charge in [-0.1, -0.05) is 146 Å². The van der Waals surface area contributed by atoms with Crippen molar-refractivity contribution in [3.05, 3.63) is 188 Å². The molecule has 50 heavy (non-hydrogen) atoms. The second kappa shape index (κ2) is 11.7. The Hall–Kier alpha value is -6.22. The molecule has 0 amide bonds. The third-order valence-corrected chi connectivity index (χ3v) is 11.2. The predicted octanol–water partition coefficient (Wildman–Crippen LogP) is 14.3. The minimum Gasteiger partial charge on any atom is -0.310 e. The van der Waals surface area contributed by atoms with Gasteiger partial charge < -0.3 is 4.90 Å². The molecule has 9 aromatic carbocycles. The summed E-state index contributed by atoms with van der Waals surface area (Å²) >= 11 is 1.88. The van der Waals surface area contributed by atoms with Crippen molar-refractivity contribution in [1.29, 1.82) is 0 Å². The molecule has 0 fully saturated rings. The standard InChI is InChI=1S/C48H31NS/c1-2-10-33(11-3-1)41-15-8-9-17-45(41)49(39-27-22-36-19-18-34-12-4-6-14-40(34)44(36)31-39)38-25-20-32(21-26-38)37-23-28-43-47(30-37)50-46-29-24-35-13-5-7-16-42(35)48(43)46/h1-31H. The second-order valence-corrected chi connectivity index (χ2v) is 14.0. The molecule has 0 atom stereocenters. The van der Waals surface area contributed by atoms with Crippen LogP contribution in [0.1, 0.15) is 0 Å². The van der Waals surface area contributed by atoms with Crippen molar-refractivity contribution in [2.45, 2.75) is 0 Å². The van der Waals surface area contributed by atoms with E-state index in [-0.39, 0.29) is 0 Å². The number of hydrogen-bond acceptors (Lipinski definition) is 2. The number of hydrogen-bond donors (Lipinski definition) is 0. The quantitative estimate of drug-likeness (QED) is 0.167. The SMILES string of the molecule is c1ccc(-c2ccccc2N(c2ccc(-c3ccc4c(c3)sc3ccc5ccccc5c34)cc2)c2ccc3ccc4ccccc4c3c2)cc1. The number of rotatable bonds is 5. The van der Waals surface area contributed by atoms with Gasteiger partial charge in [0.25, 0.3) is 0 Å². The van der Waals surface area contributed by atoms with Gasteiger partial charge in [-0.25, -0.2) is 0 Å². The topological polar surface area (TPSA) is 3.24 Å². The molecule has 0 saturated carbocycles. The minimum atomic E-state index is 1.12. The zero-order chi connectivity index (χ0) is 33.0. The van der Waals surface area contributed by atoms with Crippen LogP contribution >= 0.6 is 11.3 Å². The summed E-state index contributed by atoms with van der Waals surface area (Å²) in [6.45, 7) is 0. The van der Waals surface area contributed by atoms with Crippen LogP contribution in [0, 0.1) is 0 Å². The van der Waals surface area contributed by atoms with E-state index < -0.39 is 0 Å². The van der Waals surface area contributed by atoms with Crippen LogP contribution in [-0.4, -0.2) is 0 Å². The molecule has 0 aliphatic rings. The Morgan fingerprint density at radius 2 is 0.960 bits per heavy atom. The largest absolute Gasteiger partial charge is 0.310 e. The molecule has 234 valence electrons. The minimum absolute atomic E-state index is 1.12. The van der Waals surface area contributed by atoms with E-state index in [0.717, 1.165) is 17.1 Å². The van der Waals surface area contributed by atoms with Crippen LogP contribution in [0.4, 0.5) is 17.1 Å². The third-order valence-electron chi connectivity index (χ3n) is 10.0. The molecule has 0 spiro atoms. The van der Waals surface area contributed by atoms with E-state index in [1.54, 1.807) is 0 Å². The van der Waals surface area contributed by atoms with Gasteiger partial charge in [0.1, 0.15) is 0 Å². The van der Waals surface area contributed by atoms with Crippen molar-refractivity contribution < 1.29 is 0 Å². The fraction of sp³-hybridized carbons (Fsp3) is 0. The predicted molar refractivity (Wildman–Crippen MR) is 217 cm³/mol. The number of nitrogens with zero attached hydrogens (tertiary/aromatic N) is 1. The first-order valence-electron chi connectivity index (χ1n) is 17.1. The van der Waals surface area contributed by atoms with Crippen LogP contribution in [0.3, 0.4) is 0 Å². The van der Waals surface area contributed by atoms with Crippen molar-refractivity contribution in [2.75, 3.05) is 4.90 Å². The van der Waals surface area contributed by atoms with E-state index in [2.05, 4.69) is 193 Å². The highest BCUT2D eigenvalue weighted by Gasteiger charge is 2.18. The molecule has 1 aromatic heterocycles. The zero-order valence-corrected chi connectivity index (χ0v) is 28.1. The lowest BCUT2D eigenvalue weighted by molar-refractivity contribution is 1.29. The van der Waals surface area contributed by atoms with Gasteiger partial charge in [0.05, 0.1) is 5.69 Å². The van der Waals surface area contributed by atoms with Gasteiger partial charge in [0.15, 0.2) is 0 Å². The molecule has 0 bridgehead atoms. The van der Waals surface area contributed by atoms with Crippen LogP contribution in [0.15, 0.2) is 188 Å². The Morgan fingerprint density at radius 3 is 1.80 bits per heavy atom. The Labute approximate surface area is 294 Å². The molecule has 0 radical (unpaired) electrons. The van der Waals surface area contributed by atoms with Crippen LogP contribution in [0.5, 0.6) is 0 Å². The summed E-state index contributed by atoms with van der Waals surface area (Å²) in [5.41, 5.74) is 8.21. The average molecular weight is 654 g/mol. The van der Waals surface area contributed by atoms with Gasteiger partial charge in [-0.3, -0.25) is 0 Å². The maximum atomic E-state index is 2.41. The lowest BCUT2D eigenvalue weighted by Gasteiger charge is -2.28. The van der Waals surface area contributed by atoms with Crippen LogP contribution < -0.4 is 4.90 Å². The first-order chi connectivity index (χ1) is 24.8. The average Bonchev–Trinajstić information content (AvgIpc) is 3.57. The molecule has 0 saturated heterocycles. The summed E-state index contributed by atoms with van der Waals surface area (Å²) in [7, 11) is 0. The lowest BCUT2D eigenvalue weighted by atomic mass is 9.98. The highest BCUT2D eigenvalue weighted by Crippen LogP contribution is 2.44. The maximum Gasteiger partial charge on any atom is 0.0540 e. The third kappa shape index (κ3) is 4.76. The first kappa shape index (κ1) is 28.8. The summed E-state index contributed by atoms with van der Waals surface area (Å²) in [6.07, 6.45) is 0. The molecular weight excluding hydrogens is 623 g/mol. The Balaban J connectivity index is 1.11. The number of para-hydroxylation sites is 1. The van der Waals surface area contributed by atoms with Gasteiger partial charge in [-0.05, 0) is 91.5 Å². The van der Waals surface area contributed by atoms with E-state index in [0.29, 0.717) is 0 Å². The molecular formula is C48H31NS. The smallest absolute Gasteiger partial charge is 0.0540 e. The van der Waals surface area contributed by atoms with Crippen molar-refractivity contribution in [3.63, 3.8) is 0 Å². The van der Waals surface area contributed by atoms with Gasteiger partial charge in [0.2, 0.25) is 0 Å². The number of fused-ring (bicyclic) bond motifs is 8. The monoisotopic (exact) mass is 653 g/mol. The van der Waals surface area contributed by atoms with E-state index >= 15 is 0 Å². The van der Waals surface area contributed by atoms with Crippen molar-refractivity contribution in [3.8, 4) is 22.3 Å². The van der Waals surface area contributed by atoms with Crippen molar-refractivity contribution >= 4 is 80.9 Å². The fourth-order valence-corrected chi connectivity index (χ4v) is 8.78. The lowest BCUT2D eigenvalue weighted by Crippen LogP contribution is -2.11. The summed E-state index contributed by atoms with van der Waals surface area (Å²) in [5.74, 6) is 0. The first-order valence-corrected chi connectivity index (χ1v) is 17.9. The zero-order valence-electron chi connectivity index (χ0n) is 27.3. The van der Waals surface area contributed by atoms with Crippen molar-refractivity contribution in [1.82, 2.24) is 0 Å². The van der Waals surface area contributed by atoms with E-state index in [4.69, 9.17) is 0 Å². The number of thiophene rings is 1. The van der Waals surface area contributed by atoms with Gasteiger partial charge in [-0.15, -0.1) is 11.3 Å². The summed E-state index contributed by atoms with van der Waals surface area (Å²) in [5, 5.41) is 10.3. The molecule has 0 aliphatic heterocycles. The van der Waals surface area contributed by atoms with Crippen molar-refractivity contribution in [2.24, 2.45) is 0 Å². The molecule has 10 rings (SSSR count). The Bertz CT molecular complexity index is 2870. The highest BCUT2D eigenvalue weighted by molar-refractivity contribution is 7.26.